The smallest absolute Gasteiger partial charge is 0.121 e. The van der Waals surface area contributed by atoms with Crippen LogP contribution in [0.1, 0.15) is 41.3 Å². The molecule has 0 saturated heterocycles. The largest absolute Gasteiger partial charge is 0.465 e. The maximum atomic E-state index is 5.65. The summed E-state index contributed by atoms with van der Waals surface area (Å²) >= 11 is 0. The van der Waals surface area contributed by atoms with Crippen molar-refractivity contribution in [3.8, 4) is 0 Å². The van der Waals surface area contributed by atoms with Crippen LogP contribution in [0, 0.1) is 6.92 Å². The summed E-state index contributed by atoms with van der Waals surface area (Å²) in [6.07, 6.45) is 10.8. The average molecular weight is 492 g/mol. The van der Waals surface area contributed by atoms with Crippen molar-refractivity contribution in [2.24, 2.45) is 4.99 Å². The van der Waals surface area contributed by atoms with E-state index in [2.05, 4.69) is 74.8 Å². The number of nitrogens with zero attached hydrogens (tertiary/aromatic N) is 3. The molecule has 0 bridgehead atoms. The summed E-state index contributed by atoms with van der Waals surface area (Å²) in [6, 6.07) is 21.9. The Morgan fingerprint density at radius 2 is 1.84 bits per heavy atom. The van der Waals surface area contributed by atoms with Gasteiger partial charge < -0.3 is 14.7 Å². The standard InChI is InChI=1S/C31H33N5O/c1-22-8-14-27(37-22)19-32-18-23-9-11-24(12-10-23)20-36(21-31-34-29-6-2-3-7-30(29)35-31)26-13-15-28-25(17-26)5-4-16-33-28/h2-12,14,16-17,26,28,32H,13,15,18-21H2,1H3,(H,34,35). The van der Waals surface area contributed by atoms with Gasteiger partial charge in [0.05, 0.1) is 30.2 Å². The molecule has 0 amide bonds. The number of aromatic amines is 1. The lowest BCUT2D eigenvalue weighted by molar-refractivity contribution is 0.188. The van der Waals surface area contributed by atoms with Crippen molar-refractivity contribution in [3.05, 3.63) is 113 Å². The lowest BCUT2D eigenvalue weighted by Crippen LogP contribution is -2.37. The van der Waals surface area contributed by atoms with Gasteiger partial charge in [0.2, 0.25) is 0 Å². The van der Waals surface area contributed by atoms with Gasteiger partial charge in [-0.1, -0.05) is 48.6 Å². The first-order chi connectivity index (χ1) is 18.2. The highest BCUT2D eigenvalue weighted by Gasteiger charge is 2.26. The van der Waals surface area contributed by atoms with Crippen LogP contribution in [-0.4, -0.2) is 33.2 Å². The topological polar surface area (TPSA) is 69.5 Å². The number of aryl methyl sites for hydroxylation is 1. The molecule has 2 aliphatic rings. The normalized spacial score (nSPS) is 18.9. The van der Waals surface area contributed by atoms with E-state index >= 15 is 0 Å². The second kappa shape index (κ2) is 10.7. The number of benzene rings is 2. The summed E-state index contributed by atoms with van der Waals surface area (Å²) in [5, 5.41) is 3.47. The van der Waals surface area contributed by atoms with E-state index in [0.717, 1.165) is 67.4 Å². The first kappa shape index (κ1) is 23.6. The van der Waals surface area contributed by atoms with E-state index in [-0.39, 0.29) is 0 Å². The van der Waals surface area contributed by atoms with Crippen LogP contribution in [0.2, 0.25) is 0 Å². The fraction of sp³-hybridized carbons (Fsp3) is 0.290. The number of furan rings is 1. The van der Waals surface area contributed by atoms with Crippen molar-refractivity contribution >= 4 is 17.2 Å². The number of rotatable bonds is 9. The van der Waals surface area contributed by atoms with Crippen LogP contribution in [0.5, 0.6) is 0 Å². The minimum Gasteiger partial charge on any atom is -0.465 e. The predicted molar refractivity (Wildman–Crippen MR) is 148 cm³/mol. The molecular formula is C31H33N5O. The van der Waals surface area contributed by atoms with Crippen molar-refractivity contribution in [3.63, 3.8) is 0 Å². The molecule has 0 saturated carbocycles. The molecule has 6 rings (SSSR count). The van der Waals surface area contributed by atoms with Gasteiger partial charge in [-0.3, -0.25) is 9.89 Å². The van der Waals surface area contributed by atoms with E-state index in [4.69, 9.17) is 9.40 Å². The number of hydrogen-bond acceptors (Lipinski definition) is 5. The molecule has 1 aliphatic heterocycles. The van der Waals surface area contributed by atoms with Gasteiger partial charge in [0, 0.05) is 25.3 Å². The maximum absolute atomic E-state index is 5.65. The Morgan fingerprint density at radius 3 is 2.68 bits per heavy atom. The van der Waals surface area contributed by atoms with Gasteiger partial charge >= 0.3 is 0 Å². The van der Waals surface area contributed by atoms with Crippen LogP contribution in [0.15, 0.2) is 93.9 Å². The van der Waals surface area contributed by atoms with Gasteiger partial charge in [0.25, 0.3) is 0 Å². The van der Waals surface area contributed by atoms with Crippen LogP contribution in [0.3, 0.4) is 0 Å². The Labute approximate surface area is 217 Å². The summed E-state index contributed by atoms with van der Waals surface area (Å²) < 4.78 is 5.65. The Balaban J connectivity index is 1.16. The Hall–Kier alpha value is -3.74. The molecule has 1 aliphatic carbocycles. The zero-order valence-electron chi connectivity index (χ0n) is 21.2. The van der Waals surface area contributed by atoms with E-state index in [1.54, 1.807) is 0 Å². The van der Waals surface area contributed by atoms with Crippen molar-refractivity contribution in [1.29, 1.82) is 0 Å². The summed E-state index contributed by atoms with van der Waals surface area (Å²) in [5.41, 5.74) is 6.01. The van der Waals surface area contributed by atoms with Crippen molar-refractivity contribution in [1.82, 2.24) is 20.2 Å². The van der Waals surface area contributed by atoms with Crippen LogP contribution in [0.25, 0.3) is 11.0 Å². The maximum Gasteiger partial charge on any atom is 0.121 e. The lowest BCUT2D eigenvalue weighted by Gasteiger charge is -2.34. The summed E-state index contributed by atoms with van der Waals surface area (Å²) in [4.78, 5) is 15.6. The van der Waals surface area contributed by atoms with Crippen LogP contribution < -0.4 is 5.32 Å². The molecule has 6 nitrogen and oxygen atoms in total. The lowest BCUT2D eigenvalue weighted by atomic mass is 9.89. The SMILES string of the molecule is Cc1ccc(CNCc2ccc(CN(Cc3nc4ccccc4[nH]3)C3C=C4C=CC=NC4CC3)cc2)o1. The third kappa shape index (κ3) is 5.66. The highest BCUT2D eigenvalue weighted by atomic mass is 16.3. The number of aromatic nitrogens is 2. The predicted octanol–water partition coefficient (Wildman–Crippen LogP) is 5.85. The molecule has 3 heterocycles. The third-order valence-electron chi connectivity index (χ3n) is 7.24. The molecule has 4 aromatic rings. The number of aliphatic imine (C=N–C) groups is 1. The monoisotopic (exact) mass is 491 g/mol. The molecule has 0 fully saturated rings. The van der Waals surface area contributed by atoms with Gasteiger partial charge in [0.15, 0.2) is 0 Å². The molecule has 6 heteroatoms. The van der Waals surface area contributed by atoms with E-state index in [0.29, 0.717) is 12.1 Å². The number of allylic oxidation sites excluding steroid dienone is 1. The second-order valence-electron chi connectivity index (χ2n) is 10.0. The fourth-order valence-electron chi connectivity index (χ4n) is 5.31. The number of hydrogen-bond donors (Lipinski definition) is 2. The number of nitrogens with one attached hydrogen (secondary N) is 2. The molecule has 2 N–H and O–H groups in total. The third-order valence-corrected chi connectivity index (χ3v) is 7.24. The zero-order chi connectivity index (χ0) is 25.0. The van der Waals surface area contributed by atoms with Gasteiger partial charge in [-0.2, -0.15) is 0 Å². The van der Waals surface area contributed by atoms with Crippen molar-refractivity contribution in [2.45, 2.75) is 58.0 Å². The van der Waals surface area contributed by atoms with Gasteiger partial charge in [-0.15, -0.1) is 0 Å². The van der Waals surface area contributed by atoms with Crippen molar-refractivity contribution in [2.75, 3.05) is 0 Å². The Bertz CT molecular complexity index is 1410. The van der Waals surface area contributed by atoms with Gasteiger partial charge in [-0.05, 0) is 66.8 Å². The average Bonchev–Trinajstić information content (AvgIpc) is 3.54. The first-order valence-electron chi connectivity index (χ1n) is 13.1. The fourth-order valence-corrected chi connectivity index (χ4v) is 5.31. The minimum atomic E-state index is 0.311. The van der Waals surface area contributed by atoms with Gasteiger partial charge in [-0.25, -0.2) is 4.98 Å². The Morgan fingerprint density at radius 1 is 0.973 bits per heavy atom. The number of para-hydroxylation sites is 2. The molecule has 188 valence electrons. The number of fused-ring (bicyclic) bond motifs is 2. The van der Waals surface area contributed by atoms with Crippen LogP contribution in [0.4, 0.5) is 0 Å². The molecule has 37 heavy (non-hydrogen) atoms. The number of dihydropyridines is 1. The van der Waals surface area contributed by atoms with Gasteiger partial charge in [0.1, 0.15) is 17.3 Å². The molecule has 2 aromatic carbocycles. The summed E-state index contributed by atoms with van der Waals surface area (Å²) in [6.45, 7) is 5.15. The summed E-state index contributed by atoms with van der Waals surface area (Å²) in [5.74, 6) is 2.93. The first-order valence-corrected chi connectivity index (χ1v) is 13.1. The van der Waals surface area contributed by atoms with Crippen LogP contribution in [-0.2, 0) is 26.2 Å². The van der Waals surface area contributed by atoms with E-state index < -0.39 is 0 Å². The highest BCUT2D eigenvalue weighted by Crippen LogP contribution is 2.29. The second-order valence-corrected chi connectivity index (χ2v) is 10.0. The van der Waals surface area contributed by atoms with E-state index in [1.807, 2.05) is 37.4 Å². The quantitative estimate of drug-likeness (QED) is 0.308. The minimum absolute atomic E-state index is 0.311. The Kier molecular flexibility index (Phi) is 6.84. The van der Waals surface area contributed by atoms with E-state index in [9.17, 15) is 0 Å². The van der Waals surface area contributed by atoms with E-state index in [1.165, 1.54) is 16.7 Å². The zero-order valence-corrected chi connectivity index (χ0v) is 21.2. The molecule has 2 unspecified atom stereocenters. The number of H-pyrrole nitrogens is 1. The number of imidazole rings is 1. The summed E-state index contributed by atoms with van der Waals surface area (Å²) in [7, 11) is 0. The molecule has 2 aromatic heterocycles. The van der Waals surface area contributed by atoms with Crippen molar-refractivity contribution < 1.29 is 4.42 Å². The molecular weight excluding hydrogens is 458 g/mol. The van der Waals surface area contributed by atoms with Crippen LogP contribution >= 0.6 is 0 Å². The molecule has 0 spiro atoms. The molecule has 0 radical (unpaired) electrons. The molecule has 2 atom stereocenters. The highest BCUT2D eigenvalue weighted by molar-refractivity contribution is 5.75.